The third kappa shape index (κ3) is 3.43. The maximum absolute atomic E-state index is 11.7. The van der Waals surface area contributed by atoms with Gasteiger partial charge >= 0.3 is 5.97 Å². The molecule has 6 heteroatoms. The van der Waals surface area contributed by atoms with E-state index in [1.807, 2.05) is 43.3 Å². The lowest BCUT2D eigenvalue weighted by atomic mass is 10.0. The molecular weight excluding hydrogens is 346 g/mol. The van der Waals surface area contributed by atoms with Crippen LogP contribution < -0.4 is 4.74 Å². The highest BCUT2D eigenvalue weighted by Crippen LogP contribution is 2.42. The second kappa shape index (κ2) is 7.55. The quantitative estimate of drug-likeness (QED) is 0.822. The van der Waals surface area contributed by atoms with Crippen LogP contribution in [0.4, 0.5) is 0 Å². The number of para-hydroxylation sites is 1. The Morgan fingerprint density at radius 1 is 1.42 bits per heavy atom. The Bertz CT molecular complexity index is 718. The van der Waals surface area contributed by atoms with Gasteiger partial charge in [0.25, 0.3) is 0 Å². The molecule has 1 aliphatic heterocycles. The van der Waals surface area contributed by atoms with Gasteiger partial charge in [-0.2, -0.15) is 0 Å². The molecule has 0 saturated carbocycles. The number of rotatable bonds is 6. The van der Waals surface area contributed by atoms with Crippen molar-refractivity contribution in [2.24, 2.45) is 0 Å². The summed E-state index contributed by atoms with van der Waals surface area (Å²) in [5.41, 5.74) is 0.992. The van der Waals surface area contributed by atoms with Gasteiger partial charge in [-0.15, -0.1) is 11.3 Å². The number of carbonyl (C=O) groups is 1. The van der Waals surface area contributed by atoms with Crippen molar-refractivity contribution < 1.29 is 14.6 Å². The number of likely N-dealkylation sites (tertiary alicyclic amines) is 1. The lowest BCUT2D eigenvalue weighted by molar-refractivity contribution is -0.142. The second-order valence-corrected chi connectivity index (χ2v) is 7.50. The molecule has 0 spiro atoms. The number of hydrogen-bond acceptors (Lipinski definition) is 4. The maximum atomic E-state index is 11.7. The van der Waals surface area contributed by atoms with E-state index in [1.165, 1.54) is 11.3 Å². The summed E-state index contributed by atoms with van der Waals surface area (Å²) in [4.78, 5) is 14.8. The molecule has 2 aromatic rings. The second-order valence-electron chi connectivity index (χ2n) is 5.75. The van der Waals surface area contributed by atoms with Gasteiger partial charge in [0, 0.05) is 17.0 Å². The van der Waals surface area contributed by atoms with Crippen molar-refractivity contribution in [3.05, 3.63) is 51.2 Å². The molecule has 1 aromatic carbocycles. The van der Waals surface area contributed by atoms with Gasteiger partial charge in [0.15, 0.2) is 0 Å². The molecule has 0 aliphatic carbocycles. The summed E-state index contributed by atoms with van der Waals surface area (Å²) in [6.07, 6.45) is 1.55. The van der Waals surface area contributed by atoms with E-state index in [0.717, 1.165) is 29.2 Å². The number of aliphatic carboxylic acids is 1. The first-order valence-electron chi connectivity index (χ1n) is 8.07. The van der Waals surface area contributed by atoms with Gasteiger partial charge in [-0.3, -0.25) is 9.69 Å². The van der Waals surface area contributed by atoms with E-state index in [-0.39, 0.29) is 6.04 Å². The summed E-state index contributed by atoms with van der Waals surface area (Å²) in [7, 11) is 0. The number of hydrogen-bond donors (Lipinski definition) is 1. The summed E-state index contributed by atoms with van der Waals surface area (Å²) < 4.78 is 6.50. The predicted octanol–water partition coefficient (Wildman–Crippen LogP) is 4.44. The van der Waals surface area contributed by atoms with Crippen LogP contribution in [-0.4, -0.2) is 35.2 Å². The normalized spacial score (nSPS) is 19.3. The Morgan fingerprint density at radius 2 is 2.21 bits per heavy atom. The van der Waals surface area contributed by atoms with Crippen molar-refractivity contribution in [1.29, 1.82) is 0 Å². The maximum Gasteiger partial charge on any atom is 0.320 e. The van der Waals surface area contributed by atoms with Gasteiger partial charge in [0.05, 0.1) is 17.0 Å². The molecule has 0 radical (unpaired) electrons. The van der Waals surface area contributed by atoms with E-state index >= 15 is 0 Å². The van der Waals surface area contributed by atoms with Gasteiger partial charge in [0.1, 0.15) is 11.8 Å². The molecule has 1 aromatic heterocycles. The van der Waals surface area contributed by atoms with Crippen LogP contribution in [0, 0.1) is 0 Å². The van der Waals surface area contributed by atoms with E-state index in [9.17, 15) is 9.90 Å². The van der Waals surface area contributed by atoms with Crippen LogP contribution in [0.3, 0.4) is 0 Å². The highest BCUT2D eigenvalue weighted by Gasteiger charge is 2.38. The first kappa shape index (κ1) is 17.3. The summed E-state index contributed by atoms with van der Waals surface area (Å²) in [6.45, 7) is 3.26. The van der Waals surface area contributed by atoms with Crippen LogP contribution >= 0.6 is 22.9 Å². The topological polar surface area (TPSA) is 49.8 Å². The molecule has 2 unspecified atom stereocenters. The highest BCUT2D eigenvalue weighted by atomic mass is 35.5. The zero-order valence-electron chi connectivity index (χ0n) is 13.4. The number of carboxylic acid groups (broad SMARTS) is 1. The van der Waals surface area contributed by atoms with E-state index in [0.29, 0.717) is 17.4 Å². The largest absolute Gasteiger partial charge is 0.494 e. The number of ether oxygens (including phenoxy) is 1. The third-order valence-corrected chi connectivity index (χ3v) is 5.57. The third-order valence-electron chi connectivity index (χ3n) is 4.29. The Balaban J connectivity index is 2.08. The fourth-order valence-corrected chi connectivity index (χ4v) is 4.53. The SMILES string of the molecule is CCOc1ccccc1C(c1ccc(Cl)s1)N1CCCC1C(=O)O. The fraction of sp³-hybridized carbons (Fsp3) is 0.389. The highest BCUT2D eigenvalue weighted by molar-refractivity contribution is 7.16. The van der Waals surface area contributed by atoms with Crippen molar-refractivity contribution in [1.82, 2.24) is 4.90 Å². The Morgan fingerprint density at radius 3 is 2.88 bits per heavy atom. The molecule has 3 rings (SSSR count). The summed E-state index contributed by atoms with van der Waals surface area (Å²) >= 11 is 7.64. The average Bonchev–Trinajstić information content (AvgIpc) is 3.19. The molecule has 4 nitrogen and oxygen atoms in total. The predicted molar refractivity (Wildman–Crippen MR) is 96.1 cm³/mol. The number of carboxylic acids is 1. The first-order chi connectivity index (χ1) is 11.6. The van der Waals surface area contributed by atoms with Crippen molar-refractivity contribution in [3.63, 3.8) is 0 Å². The van der Waals surface area contributed by atoms with Gasteiger partial charge in [0.2, 0.25) is 0 Å². The number of benzene rings is 1. The van der Waals surface area contributed by atoms with Gasteiger partial charge in [-0.05, 0) is 38.0 Å². The molecular formula is C18H20ClNO3S. The van der Waals surface area contributed by atoms with Crippen LogP contribution in [0.15, 0.2) is 36.4 Å². The van der Waals surface area contributed by atoms with E-state index in [4.69, 9.17) is 16.3 Å². The van der Waals surface area contributed by atoms with E-state index in [1.54, 1.807) is 0 Å². The van der Waals surface area contributed by atoms with Crippen molar-refractivity contribution in [2.45, 2.75) is 31.8 Å². The molecule has 0 bridgehead atoms. The average molecular weight is 366 g/mol. The summed E-state index contributed by atoms with van der Waals surface area (Å²) in [5.74, 6) is 0.0274. The van der Waals surface area contributed by atoms with Crippen LogP contribution in [0.5, 0.6) is 5.75 Å². The van der Waals surface area contributed by atoms with Gasteiger partial charge in [-0.1, -0.05) is 29.8 Å². The van der Waals surface area contributed by atoms with Crippen molar-refractivity contribution in [2.75, 3.05) is 13.2 Å². The van der Waals surface area contributed by atoms with Crippen LogP contribution in [-0.2, 0) is 4.79 Å². The zero-order chi connectivity index (χ0) is 17.1. The number of nitrogens with zero attached hydrogens (tertiary/aromatic N) is 1. The van der Waals surface area contributed by atoms with Gasteiger partial charge in [-0.25, -0.2) is 0 Å². The Hall–Kier alpha value is -1.56. The Labute approximate surface area is 150 Å². The standard InChI is InChI=1S/C18H20ClNO3S/c1-2-23-14-8-4-3-6-12(14)17(15-9-10-16(19)24-15)20-11-5-7-13(20)18(21)22/h3-4,6,8-10,13,17H,2,5,7,11H2,1H3,(H,21,22). The van der Waals surface area contributed by atoms with Crippen molar-refractivity contribution >= 4 is 28.9 Å². The molecule has 2 heterocycles. The van der Waals surface area contributed by atoms with Crippen LogP contribution in [0.25, 0.3) is 0 Å². The molecule has 1 fully saturated rings. The lowest BCUT2D eigenvalue weighted by Gasteiger charge is -2.31. The molecule has 1 saturated heterocycles. The molecule has 1 N–H and O–H groups in total. The van der Waals surface area contributed by atoms with Crippen LogP contribution in [0.2, 0.25) is 4.34 Å². The minimum atomic E-state index is -0.769. The minimum Gasteiger partial charge on any atom is -0.494 e. The molecule has 2 atom stereocenters. The zero-order valence-corrected chi connectivity index (χ0v) is 15.0. The van der Waals surface area contributed by atoms with Crippen LogP contribution in [0.1, 0.15) is 36.2 Å². The number of thiophene rings is 1. The monoisotopic (exact) mass is 365 g/mol. The van der Waals surface area contributed by atoms with Crippen molar-refractivity contribution in [3.8, 4) is 5.75 Å². The number of halogens is 1. The molecule has 24 heavy (non-hydrogen) atoms. The lowest BCUT2D eigenvalue weighted by Crippen LogP contribution is -2.39. The molecule has 128 valence electrons. The summed E-state index contributed by atoms with van der Waals surface area (Å²) in [6, 6.07) is 11.1. The van der Waals surface area contributed by atoms with E-state index < -0.39 is 12.0 Å². The molecule has 1 aliphatic rings. The Kier molecular flexibility index (Phi) is 5.43. The summed E-state index contributed by atoms with van der Waals surface area (Å²) in [5, 5.41) is 9.61. The van der Waals surface area contributed by atoms with E-state index in [2.05, 4.69) is 4.90 Å². The smallest absolute Gasteiger partial charge is 0.320 e. The fourth-order valence-electron chi connectivity index (χ4n) is 3.33. The minimum absolute atomic E-state index is 0.158. The first-order valence-corrected chi connectivity index (χ1v) is 9.26. The molecule has 0 amide bonds. The van der Waals surface area contributed by atoms with Gasteiger partial charge < -0.3 is 9.84 Å².